The molecular weight excluding hydrogens is 473 g/mol. The number of anilines is 1. The van der Waals surface area contributed by atoms with E-state index in [1.807, 2.05) is 0 Å². The van der Waals surface area contributed by atoms with Crippen LogP contribution < -0.4 is 9.75 Å². The minimum atomic E-state index is -4.92. The van der Waals surface area contributed by atoms with E-state index in [-0.39, 0.29) is 32.8 Å². The molecule has 11 heteroatoms. The van der Waals surface area contributed by atoms with Crippen LogP contribution in [0.25, 0.3) is 6.08 Å². The van der Waals surface area contributed by atoms with Crippen molar-refractivity contribution in [1.82, 2.24) is 0 Å². The summed E-state index contributed by atoms with van der Waals surface area (Å²) in [6.45, 7) is 0. The van der Waals surface area contributed by atoms with Crippen LogP contribution in [-0.2, 0) is 4.79 Å². The molecule has 0 unspecified atom stereocenters. The summed E-state index contributed by atoms with van der Waals surface area (Å²) in [6.07, 6.45) is -3.94. The molecule has 3 rings (SSSR count). The summed E-state index contributed by atoms with van der Waals surface area (Å²) < 4.78 is 45.7. The van der Waals surface area contributed by atoms with E-state index in [9.17, 15) is 27.9 Å². The molecule has 0 radical (unpaired) electrons. The van der Waals surface area contributed by atoms with E-state index in [1.165, 1.54) is 31.4 Å². The lowest BCUT2D eigenvalue weighted by Gasteiger charge is -2.12. The van der Waals surface area contributed by atoms with Crippen molar-refractivity contribution in [2.75, 3.05) is 12.1 Å². The number of alkyl halides is 3. The second-order valence-corrected chi connectivity index (χ2v) is 6.88. The summed E-state index contributed by atoms with van der Waals surface area (Å²) in [7, 11) is 1.27. The molecule has 30 heavy (non-hydrogen) atoms. The van der Waals surface area contributed by atoms with Gasteiger partial charge in [-0.25, -0.2) is 4.79 Å². The topological polar surface area (TPSA) is 99.4 Å². The van der Waals surface area contributed by atoms with E-state index in [0.29, 0.717) is 5.01 Å². The number of hydrogen-bond donors (Lipinski definition) is 2. The third kappa shape index (κ3) is 4.01. The van der Waals surface area contributed by atoms with Crippen molar-refractivity contribution >= 4 is 45.3 Å². The van der Waals surface area contributed by atoms with Crippen LogP contribution in [0.15, 0.2) is 51.5 Å². The zero-order chi connectivity index (χ0) is 22.2. The van der Waals surface area contributed by atoms with Crippen LogP contribution >= 0.6 is 15.9 Å². The second kappa shape index (κ2) is 7.82. The maximum Gasteiger partial charge on any atom is 0.435 e. The number of hydrazone groups is 1. The Hall–Kier alpha value is -3.34. The number of aromatic hydroxyl groups is 1. The molecule has 0 atom stereocenters. The minimum absolute atomic E-state index is 0.00622. The lowest BCUT2D eigenvalue weighted by atomic mass is 10.1. The van der Waals surface area contributed by atoms with Crippen LogP contribution in [0.4, 0.5) is 18.9 Å². The second-order valence-electron chi connectivity index (χ2n) is 6.03. The maximum absolute atomic E-state index is 13.5. The van der Waals surface area contributed by atoms with Gasteiger partial charge >= 0.3 is 12.1 Å². The number of phenolic OH excluding ortho intramolecular Hbond substituents is 1. The van der Waals surface area contributed by atoms with Gasteiger partial charge in [0.25, 0.3) is 5.91 Å². The normalized spacial score (nSPS) is 15.5. The van der Waals surface area contributed by atoms with Crippen molar-refractivity contribution in [2.45, 2.75) is 6.18 Å². The molecule has 1 amide bonds. The van der Waals surface area contributed by atoms with Crippen LogP contribution in [0.3, 0.4) is 0 Å². The summed E-state index contributed by atoms with van der Waals surface area (Å²) in [5, 5.41) is 22.8. The number of benzene rings is 2. The molecule has 1 heterocycles. The van der Waals surface area contributed by atoms with Gasteiger partial charge in [0.15, 0.2) is 17.2 Å². The Kier molecular flexibility index (Phi) is 5.57. The zero-order valence-electron chi connectivity index (χ0n) is 15.1. The number of methoxy groups -OCH3 is 1. The number of aromatic carboxylic acids is 1. The van der Waals surface area contributed by atoms with Crippen molar-refractivity contribution in [3.05, 3.63) is 57.6 Å². The van der Waals surface area contributed by atoms with Crippen LogP contribution in [0.1, 0.15) is 15.9 Å². The molecular formula is C19H12BrF3N2O5. The molecule has 0 spiro atoms. The Morgan fingerprint density at radius 3 is 2.40 bits per heavy atom. The van der Waals surface area contributed by atoms with Crippen molar-refractivity contribution in [1.29, 1.82) is 0 Å². The van der Waals surface area contributed by atoms with Crippen molar-refractivity contribution in [2.24, 2.45) is 5.10 Å². The molecule has 7 nitrogen and oxygen atoms in total. The summed E-state index contributed by atoms with van der Waals surface area (Å²) in [4.78, 5) is 23.7. The number of ether oxygens (including phenoxy) is 1. The molecule has 2 aromatic carbocycles. The quantitative estimate of drug-likeness (QED) is 0.633. The summed E-state index contributed by atoms with van der Waals surface area (Å²) in [5.74, 6) is -2.52. The van der Waals surface area contributed by atoms with Gasteiger partial charge < -0.3 is 14.9 Å². The SMILES string of the molecule is COc1cc(C=C2C(=O)N(c3ccc(C(=O)O)cc3)N=C2C(F)(F)F)cc(Br)c1O. The highest BCUT2D eigenvalue weighted by molar-refractivity contribution is 9.10. The third-order valence-electron chi connectivity index (χ3n) is 4.09. The lowest BCUT2D eigenvalue weighted by molar-refractivity contribution is -0.114. The number of nitrogens with zero attached hydrogens (tertiary/aromatic N) is 2. The maximum atomic E-state index is 13.5. The summed E-state index contributed by atoms with van der Waals surface area (Å²) in [5.41, 5.74) is -2.09. The van der Waals surface area contributed by atoms with Gasteiger partial charge in [0.1, 0.15) is 0 Å². The largest absolute Gasteiger partial charge is 0.503 e. The molecule has 0 aromatic heterocycles. The predicted octanol–water partition coefficient (Wildman–Crippen LogP) is 4.21. The fourth-order valence-corrected chi connectivity index (χ4v) is 3.13. The number of rotatable bonds is 4. The highest BCUT2D eigenvalue weighted by Gasteiger charge is 2.46. The standard InChI is InChI=1S/C19H12BrF3N2O5/c1-30-14-8-9(7-13(20)15(14)26)6-12-16(19(21,22)23)24-25(17(12)27)11-4-2-10(3-5-11)18(28)29/h2-8,26H,1H3,(H,28,29). The van der Waals surface area contributed by atoms with Gasteiger partial charge in [-0.2, -0.15) is 23.3 Å². The fourth-order valence-electron chi connectivity index (χ4n) is 2.67. The van der Waals surface area contributed by atoms with Crippen LogP contribution in [0, 0.1) is 0 Å². The molecule has 2 aromatic rings. The number of amides is 1. The molecule has 0 bridgehead atoms. The monoisotopic (exact) mass is 484 g/mol. The van der Waals surface area contributed by atoms with E-state index in [4.69, 9.17) is 9.84 Å². The zero-order valence-corrected chi connectivity index (χ0v) is 16.7. The first-order valence-electron chi connectivity index (χ1n) is 8.15. The van der Waals surface area contributed by atoms with E-state index in [1.54, 1.807) is 0 Å². The number of phenols is 1. The molecule has 0 saturated heterocycles. The van der Waals surface area contributed by atoms with Crippen molar-refractivity contribution < 1.29 is 37.7 Å². The van der Waals surface area contributed by atoms with Gasteiger partial charge in [-0.1, -0.05) is 0 Å². The third-order valence-corrected chi connectivity index (χ3v) is 4.69. The Morgan fingerprint density at radius 2 is 1.87 bits per heavy atom. The summed E-state index contributed by atoms with van der Waals surface area (Å²) in [6, 6.07) is 7.24. The van der Waals surface area contributed by atoms with Crippen molar-refractivity contribution in [3.63, 3.8) is 0 Å². The van der Waals surface area contributed by atoms with Crippen LogP contribution in [0.5, 0.6) is 11.5 Å². The number of carboxylic acids is 1. The molecule has 156 valence electrons. The smallest absolute Gasteiger partial charge is 0.435 e. The van der Waals surface area contributed by atoms with Gasteiger partial charge in [0.2, 0.25) is 0 Å². The lowest BCUT2D eigenvalue weighted by Crippen LogP contribution is -2.25. The van der Waals surface area contributed by atoms with Gasteiger partial charge in [-0.05, 0) is 64.0 Å². The number of carbonyl (C=O) groups is 2. The van der Waals surface area contributed by atoms with Gasteiger partial charge in [-0.3, -0.25) is 4.79 Å². The molecule has 1 aliphatic rings. The first-order chi connectivity index (χ1) is 14.0. The highest BCUT2D eigenvalue weighted by atomic mass is 79.9. The Bertz CT molecular complexity index is 1090. The number of halogens is 4. The summed E-state index contributed by atoms with van der Waals surface area (Å²) >= 11 is 3.07. The van der Waals surface area contributed by atoms with E-state index in [0.717, 1.165) is 18.2 Å². The van der Waals surface area contributed by atoms with Crippen molar-refractivity contribution in [3.8, 4) is 11.5 Å². The molecule has 0 aliphatic carbocycles. The van der Waals surface area contributed by atoms with Crippen LogP contribution in [-0.4, -0.2) is 41.1 Å². The predicted molar refractivity (Wildman–Crippen MR) is 105 cm³/mol. The number of carbonyl (C=O) groups excluding carboxylic acids is 1. The average molecular weight is 485 g/mol. The molecule has 1 aliphatic heterocycles. The van der Waals surface area contributed by atoms with E-state index < -0.39 is 29.3 Å². The molecule has 2 N–H and O–H groups in total. The Labute approximate surface area is 175 Å². The molecule has 0 saturated carbocycles. The first kappa shape index (κ1) is 21.4. The van der Waals surface area contributed by atoms with Gasteiger partial charge in [0.05, 0.1) is 28.4 Å². The minimum Gasteiger partial charge on any atom is -0.503 e. The Morgan fingerprint density at radius 1 is 1.23 bits per heavy atom. The average Bonchev–Trinajstić information content (AvgIpc) is 3.01. The van der Waals surface area contributed by atoms with E-state index in [2.05, 4.69) is 21.0 Å². The van der Waals surface area contributed by atoms with Crippen LogP contribution in [0.2, 0.25) is 0 Å². The van der Waals surface area contributed by atoms with E-state index >= 15 is 0 Å². The fraction of sp³-hybridized carbons (Fsp3) is 0.105. The first-order valence-corrected chi connectivity index (χ1v) is 8.94. The van der Waals surface area contributed by atoms with Gasteiger partial charge in [-0.15, -0.1) is 0 Å². The Balaban J connectivity index is 2.08. The number of hydrogen-bond acceptors (Lipinski definition) is 5. The number of carboxylic acid groups (broad SMARTS) is 1. The van der Waals surface area contributed by atoms with Gasteiger partial charge in [0, 0.05) is 0 Å². The molecule has 0 fully saturated rings. The highest BCUT2D eigenvalue weighted by Crippen LogP contribution is 2.37.